The lowest BCUT2D eigenvalue weighted by atomic mass is 9.90. The number of halogens is 1. The van der Waals surface area contributed by atoms with Gasteiger partial charge in [-0.05, 0) is 31.4 Å². The van der Waals surface area contributed by atoms with Crippen LogP contribution in [0.25, 0.3) is 0 Å². The minimum Gasteiger partial charge on any atom is -0.479 e. The largest absolute Gasteiger partial charge is 0.479 e. The smallest absolute Gasteiger partial charge is 0.329 e. The first-order chi connectivity index (χ1) is 8.99. The third-order valence-corrected chi connectivity index (χ3v) is 3.58. The predicted molar refractivity (Wildman–Crippen MR) is 67.1 cm³/mol. The Labute approximate surface area is 110 Å². The van der Waals surface area contributed by atoms with Crippen LogP contribution in [0.15, 0.2) is 24.3 Å². The summed E-state index contributed by atoms with van der Waals surface area (Å²) in [5.74, 6) is -1.56. The zero-order valence-electron chi connectivity index (χ0n) is 10.7. The topological polar surface area (TPSA) is 57.6 Å². The Bertz CT molecular complexity index is 501. The van der Waals surface area contributed by atoms with E-state index < -0.39 is 17.3 Å². The Hall–Kier alpha value is -1.91. The molecule has 0 radical (unpaired) electrons. The molecule has 19 heavy (non-hydrogen) atoms. The molecule has 1 amide bonds. The minimum atomic E-state index is -1.41. The van der Waals surface area contributed by atoms with Crippen molar-refractivity contribution in [1.29, 1.82) is 0 Å². The molecular formula is C14H16FNO3. The van der Waals surface area contributed by atoms with Gasteiger partial charge in [0.05, 0.1) is 0 Å². The Morgan fingerprint density at radius 3 is 2.63 bits per heavy atom. The third-order valence-electron chi connectivity index (χ3n) is 3.58. The maximum Gasteiger partial charge on any atom is 0.329 e. The maximum atomic E-state index is 13.7. The summed E-state index contributed by atoms with van der Waals surface area (Å²) in [5.41, 5.74) is -1.11. The zero-order chi connectivity index (χ0) is 14.0. The summed E-state index contributed by atoms with van der Waals surface area (Å²) >= 11 is 0. The molecule has 0 heterocycles. The second-order valence-electron chi connectivity index (χ2n) is 5.09. The van der Waals surface area contributed by atoms with Crippen LogP contribution < -0.4 is 0 Å². The molecule has 1 fully saturated rings. The quantitative estimate of drug-likeness (QED) is 0.798. The normalized spacial score (nSPS) is 17.6. The molecule has 1 aromatic carbocycles. The Morgan fingerprint density at radius 2 is 2.16 bits per heavy atom. The van der Waals surface area contributed by atoms with Gasteiger partial charge in [-0.25, -0.2) is 9.18 Å². The lowest BCUT2D eigenvalue weighted by Gasteiger charge is -2.35. The van der Waals surface area contributed by atoms with Crippen LogP contribution in [0, 0.1) is 5.82 Å². The fourth-order valence-corrected chi connectivity index (χ4v) is 2.25. The molecular weight excluding hydrogens is 249 g/mol. The number of amides is 1. The third kappa shape index (κ3) is 2.59. The van der Waals surface area contributed by atoms with Crippen molar-refractivity contribution in [3.63, 3.8) is 0 Å². The van der Waals surface area contributed by atoms with Crippen molar-refractivity contribution < 1.29 is 19.1 Å². The average Bonchev–Trinajstić information content (AvgIpc) is 3.17. The fraction of sp³-hybridized carbons (Fsp3) is 0.429. The summed E-state index contributed by atoms with van der Waals surface area (Å²) in [6.07, 6.45) is 2.13. The highest BCUT2D eigenvalue weighted by Gasteiger charge is 2.46. The van der Waals surface area contributed by atoms with Crippen LogP contribution in [-0.2, 0) is 16.0 Å². The zero-order valence-corrected chi connectivity index (χ0v) is 10.7. The van der Waals surface area contributed by atoms with Crippen molar-refractivity contribution in [2.45, 2.75) is 37.8 Å². The van der Waals surface area contributed by atoms with Gasteiger partial charge < -0.3 is 10.0 Å². The van der Waals surface area contributed by atoms with Crippen molar-refractivity contribution in [1.82, 2.24) is 4.90 Å². The summed E-state index contributed by atoms with van der Waals surface area (Å²) in [6, 6.07) is 6.01. The summed E-state index contributed by atoms with van der Waals surface area (Å²) in [7, 11) is 0. The van der Waals surface area contributed by atoms with Crippen molar-refractivity contribution in [2.75, 3.05) is 0 Å². The van der Waals surface area contributed by atoms with Crippen LogP contribution in [0.1, 0.15) is 25.3 Å². The molecule has 5 heteroatoms. The molecule has 1 aromatic rings. The summed E-state index contributed by atoms with van der Waals surface area (Å²) in [4.78, 5) is 24.0. The number of carboxylic acid groups (broad SMARTS) is 1. The van der Waals surface area contributed by atoms with Gasteiger partial charge in [-0.2, -0.15) is 0 Å². The van der Waals surface area contributed by atoms with Crippen molar-refractivity contribution in [3.05, 3.63) is 35.6 Å². The molecule has 102 valence electrons. The number of carboxylic acids is 1. The average molecular weight is 265 g/mol. The van der Waals surface area contributed by atoms with E-state index in [9.17, 15) is 19.1 Å². The molecule has 1 aliphatic carbocycles. The molecule has 4 nitrogen and oxygen atoms in total. The number of benzene rings is 1. The molecule has 1 atom stereocenters. The van der Waals surface area contributed by atoms with E-state index in [0.717, 1.165) is 12.8 Å². The van der Waals surface area contributed by atoms with Gasteiger partial charge in [0.1, 0.15) is 11.4 Å². The van der Waals surface area contributed by atoms with E-state index >= 15 is 0 Å². The number of hydrogen-bond donors (Lipinski definition) is 1. The Balaban J connectivity index is 2.31. The molecule has 1 aliphatic rings. The first-order valence-corrected chi connectivity index (χ1v) is 6.19. The summed E-state index contributed by atoms with van der Waals surface area (Å²) in [6.45, 7) is 1.47. The minimum absolute atomic E-state index is 0.0367. The van der Waals surface area contributed by atoms with E-state index in [-0.39, 0.29) is 12.5 Å². The van der Waals surface area contributed by atoms with Crippen LogP contribution in [0.3, 0.4) is 0 Å². The number of aliphatic carboxylic acids is 1. The molecule has 1 N–H and O–H groups in total. The molecule has 0 aromatic heterocycles. The van der Waals surface area contributed by atoms with Gasteiger partial charge in [0.25, 0.3) is 0 Å². The standard InChI is InChI=1S/C14H16FNO3/c1-14(13(18)19,16(9-17)11-6-7-11)8-10-4-2-3-5-12(10)15/h2-5,9,11H,6-8H2,1H3,(H,18,19). The van der Waals surface area contributed by atoms with Gasteiger partial charge in [0, 0.05) is 12.5 Å². The second kappa shape index (κ2) is 4.99. The highest BCUT2D eigenvalue weighted by molar-refractivity contribution is 5.81. The number of rotatable bonds is 6. The highest BCUT2D eigenvalue weighted by Crippen LogP contribution is 2.34. The molecule has 0 spiro atoms. The van der Waals surface area contributed by atoms with E-state index in [1.54, 1.807) is 18.2 Å². The monoisotopic (exact) mass is 265 g/mol. The first-order valence-electron chi connectivity index (χ1n) is 6.19. The Morgan fingerprint density at radius 1 is 1.53 bits per heavy atom. The molecule has 1 saturated carbocycles. The van der Waals surface area contributed by atoms with Crippen LogP contribution in [0.2, 0.25) is 0 Å². The van der Waals surface area contributed by atoms with Crippen molar-refractivity contribution in [3.8, 4) is 0 Å². The Kier molecular flexibility index (Phi) is 3.55. The number of carbonyl (C=O) groups excluding carboxylic acids is 1. The second-order valence-corrected chi connectivity index (χ2v) is 5.09. The van der Waals surface area contributed by atoms with Gasteiger partial charge in [-0.3, -0.25) is 4.79 Å². The maximum absolute atomic E-state index is 13.7. The van der Waals surface area contributed by atoms with Crippen LogP contribution in [-0.4, -0.2) is 34.0 Å². The lowest BCUT2D eigenvalue weighted by molar-refractivity contribution is -0.154. The van der Waals surface area contributed by atoms with Gasteiger partial charge >= 0.3 is 5.97 Å². The predicted octanol–water partition coefficient (Wildman–Crippen LogP) is 1.83. The van der Waals surface area contributed by atoms with Crippen molar-refractivity contribution >= 4 is 12.4 Å². The summed E-state index contributed by atoms with van der Waals surface area (Å²) < 4.78 is 13.7. The summed E-state index contributed by atoms with van der Waals surface area (Å²) in [5, 5.41) is 9.44. The molecule has 1 unspecified atom stereocenters. The van der Waals surface area contributed by atoms with Crippen LogP contribution in [0.4, 0.5) is 4.39 Å². The number of carbonyl (C=O) groups is 2. The molecule has 0 aliphatic heterocycles. The van der Waals surface area contributed by atoms with Crippen molar-refractivity contribution in [2.24, 2.45) is 0 Å². The lowest BCUT2D eigenvalue weighted by Crippen LogP contribution is -2.54. The van der Waals surface area contributed by atoms with Gasteiger partial charge in [-0.15, -0.1) is 0 Å². The number of hydrogen-bond acceptors (Lipinski definition) is 2. The fourth-order valence-electron chi connectivity index (χ4n) is 2.25. The van der Waals surface area contributed by atoms with Gasteiger partial charge in [0.15, 0.2) is 0 Å². The van der Waals surface area contributed by atoms with Gasteiger partial charge in [-0.1, -0.05) is 18.2 Å². The van der Waals surface area contributed by atoms with E-state index in [2.05, 4.69) is 0 Å². The van der Waals surface area contributed by atoms with Crippen LogP contribution >= 0.6 is 0 Å². The molecule has 0 saturated heterocycles. The SMILES string of the molecule is CC(Cc1ccccc1F)(C(=O)O)N(C=O)C1CC1. The van der Waals surface area contributed by atoms with E-state index in [0.29, 0.717) is 12.0 Å². The molecule has 0 bridgehead atoms. The van der Waals surface area contributed by atoms with E-state index in [1.807, 2.05) is 0 Å². The van der Waals surface area contributed by atoms with E-state index in [1.165, 1.54) is 17.9 Å². The highest BCUT2D eigenvalue weighted by atomic mass is 19.1. The van der Waals surface area contributed by atoms with Crippen LogP contribution in [0.5, 0.6) is 0 Å². The first kappa shape index (κ1) is 13.5. The number of nitrogens with zero attached hydrogens (tertiary/aromatic N) is 1. The molecule has 2 rings (SSSR count). The van der Waals surface area contributed by atoms with Gasteiger partial charge in [0.2, 0.25) is 6.41 Å². The van der Waals surface area contributed by atoms with E-state index in [4.69, 9.17) is 0 Å².